The number of benzene rings is 1. The third-order valence-electron chi connectivity index (χ3n) is 2.85. The zero-order valence-corrected chi connectivity index (χ0v) is 9.45. The van der Waals surface area contributed by atoms with Gasteiger partial charge < -0.3 is 4.42 Å². The molecule has 0 N–H and O–H groups in total. The molecule has 0 aliphatic rings. The van der Waals surface area contributed by atoms with Crippen LogP contribution >= 0.6 is 0 Å². The predicted octanol–water partition coefficient (Wildman–Crippen LogP) is 3.69. The smallest absolute Gasteiger partial charge is 0.135 e. The Balaban J connectivity index is 2.71. The van der Waals surface area contributed by atoms with E-state index in [2.05, 4.69) is 13.0 Å². The molecule has 2 rings (SSSR count). The Morgan fingerprint density at radius 1 is 1.31 bits per heavy atom. The van der Waals surface area contributed by atoms with Crippen molar-refractivity contribution >= 4 is 0 Å². The lowest BCUT2D eigenvalue weighted by molar-refractivity contribution is 0.581. The number of rotatable bonds is 2. The molecule has 0 atom stereocenters. The van der Waals surface area contributed by atoms with Gasteiger partial charge in [0.1, 0.15) is 5.76 Å². The first-order valence-electron chi connectivity index (χ1n) is 5.34. The van der Waals surface area contributed by atoms with Gasteiger partial charge in [-0.1, -0.05) is 13.0 Å². The van der Waals surface area contributed by atoms with Gasteiger partial charge in [0, 0.05) is 5.56 Å². The van der Waals surface area contributed by atoms with E-state index in [-0.39, 0.29) is 0 Å². The second kappa shape index (κ2) is 4.24. The summed E-state index contributed by atoms with van der Waals surface area (Å²) < 4.78 is 5.39. The summed E-state index contributed by atoms with van der Waals surface area (Å²) in [6, 6.07) is 9.83. The number of hydrogen-bond donors (Lipinski definition) is 0. The third-order valence-corrected chi connectivity index (χ3v) is 2.85. The maximum Gasteiger partial charge on any atom is 0.135 e. The number of hydrogen-bond acceptors (Lipinski definition) is 2. The van der Waals surface area contributed by atoms with E-state index >= 15 is 0 Å². The van der Waals surface area contributed by atoms with Crippen LogP contribution in [0.15, 0.2) is 34.9 Å². The van der Waals surface area contributed by atoms with E-state index in [1.165, 1.54) is 5.56 Å². The SMILES string of the molecule is CCc1ccc(C#N)c(-c2ccco2)c1C. The van der Waals surface area contributed by atoms with E-state index in [9.17, 15) is 0 Å². The fourth-order valence-electron chi connectivity index (χ4n) is 1.97. The van der Waals surface area contributed by atoms with Crippen molar-refractivity contribution < 1.29 is 4.42 Å². The third kappa shape index (κ3) is 1.61. The van der Waals surface area contributed by atoms with Crippen molar-refractivity contribution in [1.82, 2.24) is 0 Å². The molecule has 1 aromatic heterocycles. The molecule has 0 saturated carbocycles. The molecule has 0 saturated heterocycles. The molecule has 0 unspecified atom stereocenters. The molecule has 0 bridgehead atoms. The highest BCUT2D eigenvalue weighted by Gasteiger charge is 2.12. The van der Waals surface area contributed by atoms with Crippen molar-refractivity contribution in [2.24, 2.45) is 0 Å². The van der Waals surface area contributed by atoms with Crippen molar-refractivity contribution in [2.75, 3.05) is 0 Å². The monoisotopic (exact) mass is 211 g/mol. The van der Waals surface area contributed by atoms with Crippen LogP contribution in [-0.2, 0) is 6.42 Å². The van der Waals surface area contributed by atoms with Gasteiger partial charge in [0.15, 0.2) is 0 Å². The normalized spacial score (nSPS) is 10.1. The lowest BCUT2D eigenvalue weighted by atomic mass is 9.94. The van der Waals surface area contributed by atoms with E-state index in [0.717, 1.165) is 23.3 Å². The van der Waals surface area contributed by atoms with Crippen LogP contribution in [0.2, 0.25) is 0 Å². The van der Waals surface area contributed by atoms with E-state index in [1.54, 1.807) is 6.26 Å². The van der Waals surface area contributed by atoms with Gasteiger partial charge in [0.2, 0.25) is 0 Å². The summed E-state index contributed by atoms with van der Waals surface area (Å²) in [6.07, 6.45) is 2.60. The van der Waals surface area contributed by atoms with Gasteiger partial charge in [0.25, 0.3) is 0 Å². The number of nitriles is 1. The van der Waals surface area contributed by atoms with Gasteiger partial charge >= 0.3 is 0 Å². The Labute approximate surface area is 95.1 Å². The van der Waals surface area contributed by atoms with Crippen LogP contribution in [0.5, 0.6) is 0 Å². The van der Waals surface area contributed by atoms with Crippen LogP contribution in [-0.4, -0.2) is 0 Å². The molecule has 1 heterocycles. The van der Waals surface area contributed by atoms with Crippen LogP contribution < -0.4 is 0 Å². The molecular weight excluding hydrogens is 198 g/mol. The van der Waals surface area contributed by atoms with Crippen molar-refractivity contribution in [1.29, 1.82) is 5.26 Å². The summed E-state index contributed by atoms with van der Waals surface area (Å²) in [5, 5.41) is 9.11. The highest BCUT2D eigenvalue weighted by atomic mass is 16.3. The molecule has 16 heavy (non-hydrogen) atoms. The van der Waals surface area contributed by atoms with Crippen LogP contribution in [0.4, 0.5) is 0 Å². The topological polar surface area (TPSA) is 36.9 Å². The summed E-state index contributed by atoms with van der Waals surface area (Å²) in [6.45, 7) is 4.15. The van der Waals surface area contributed by atoms with Crippen molar-refractivity contribution in [2.45, 2.75) is 20.3 Å². The zero-order chi connectivity index (χ0) is 11.5. The van der Waals surface area contributed by atoms with Crippen molar-refractivity contribution in [3.8, 4) is 17.4 Å². The van der Waals surface area contributed by atoms with Crippen LogP contribution in [0.3, 0.4) is 0 Å². The van der Waals surface area contributed by atoms with Gasteiger partial charge in [-0.3, -0.25) is 0 Å². The fraction of sp³-hybridized carbons (Fsp3) is 0.214. The van der Waals surface area contributed by atoms with Crippen molar-refractivity contribution in [3.05, 3.63) is 47.2 Å². The zero-order valence-electron chi connectivity index (χ0n) is 9.45. The largest absolute Gasteiger partial charge is 0.464 e. The highest BCUT2D eigenvalue weighted by Crippen LogP contribution is 2.29. The number of aryl methyl sites for hydroxylation is 1. The Kier molecular flexibility index (Phi) is 2.78. The van der Waals surface area contributed by atoms with Gasteiger partial charge in [-0.15, -0.1) is 0 Å². The Morgan fingerprint density at radius 3 is 2.69 bits per heavy atom. The van der Waals surface area contributed by atoms with Gasteiger partial charge in [-0.2, -0.15) is 5.26 Å². The predicted molar refractivity (Wildman–Crippen MR) is 63.0 cm³/mol. The van der Waals surface area contributed by atoms with Gasteiger partial charge in [-0.05, 0) is 42.7 Å². The fourth-order valence-corrected chi connectivity index (χ4v) is 1.97. The van der Waals surface area contributed by atoms with E-state index < -0.39 is 0 Å². The molecule has 0 aliphatic carbocycles. The maximum atomic E-state index is 9.11. The summed E-state index contributed by atoms with van der Waals surface area (Å²) in [5.74, 6) is 0.768. The first-order valence-corrected chi connectivity index (χ1v) is 5.34. The van der Waals surface area contributed by atoms with Crippen LogP contribution in [0.1, 0.15) is 23.6 Å². The lowest BCUT2D eigenvalue weighted by Gasteiger charge is -2.09. The lowest BCUT2D eigenvalue weighted by Crippen LogP contribution is -1.93. The molecule has 2 aromatic rings. The quantitative estimate of drug-likeness (QED) is 0.759. The highest BCUT2D eigenvalue weighted by molar-refractivity contribution is 5.71. The first-order chi connectivity index (χ1) is 7.77. The van der Waals surface area contributed by atoms with Gasteiger partial charge in [-0.25, -0.2) is 0 Å². The van der Waals surface area contributed by atoms with Gasteiger partial charge in [0.05, 0.1) is 17.9 Å². The average molecular weight is 211 g/mol. The molecule has 0 aliphatic heterocycles. The standard InChI is InChI=1S/C14H13NO/c1-3-11-6-7-12(9-15)14(10(11)2)13-5-4-8-16-13/h4-8H,3H2,1-2H3. The molecule has 1 aromatic carbocycles. The molecule has 0 amide bonds. The summed E-state index contributed by atoms with van der Waals surface area (Å²) in [4.78, 5) is 0. The van der Waals surface area contributed by atoms with Crippen LogP contribution in [0.25, 0.3) is 11.3 Å². The molecule has 0 fully saturated rings. The minimum absolute atomic E-state index is 0.671. The molecule has 80 valence electrons. The second-order valence-electron chi connectivity index (χ2n) is 3.71. The maximum absolute atomic E-state index is 9.11. The number of nitrogens with zero attached hydrogens (tertiary/aromatic N) is 1. The second-order valence-corrected chi connectivity index (χ2v) is 3.71. The van der Waals surface area contributed by atoms with E-state index in [4.69, 9.17) is 9.68 Å². The number of furan rings is 1. The minimum atomic E-state index is 0.671. The average Bonchev–Trinajstić information content (AvgIpc) is 2.81. The van der Waals surface area contributed by atoms with E-state index in [1.807, 2.05) is 31.2 Å². The molecule has 0 radical (unpaired) electrons. The van der Waals surface area contributed by atoms with E-state index in [0.29, 0.717) is 5.56 Å². The minimum Gasteiger partial charge on any atom is -0.464 e. The summed E-state index contributed by atoms with van der Waals surface area (Å²) >= 11 is 0. The Hall–Kier alpha value is -2.01. The summed E-state index contributed by atoms with van der Waals surface area (Å²) in [7, 11) is 0. The molecule has 0 spiro atoms. The van der Waals surface area contributed by atoms with Crippen LogP contribution in [0, 0.1) is 18.3 Å². The summed E-state index contributed by atoms with van der Waals surface area (Å²) in [5.41, 5.74) is 3.98. The van der Waals surface area contributed by atoms with Crippen molar-refractivity contribution in [3.63, 3.8) is 0 Å². The first kappa shape index (κ1) is 10.5. The molecule has 2 nitrogen and oxygen atoms in total. The Morgan fingerprint density at radius 2 is 2.12 bits per heavy atom. The molecular formula is C14H13NO. The molecule has 2 heteroatoms. The Bertz CT molecular complexity index is 533.